The minimum absolute atomic E-state index is 0.0590. The van der Waals surface area contributed by atoms with Crippen molar-refractivity contribution in [3.05, 3.63) is 64.4 Å². The van der Waals surface area contributed by atoms with Crippen LogP contribution in [0.25, 0.3) is 11.0 Å². The zero-order valence-corrected chi connectivity index (χ0v) is 17.8. The molecule has 2 N–H and O–H groups in total. The van der Waals surface area contributed by atoms with E-state index in [1.807, 2.05) is 41.3 Å². The molecule has 29 heavy (non-hydrogen) atoms. The number of fused-ring (bicyclic) bond motifs is 1. The van der Waals surface area contributed by atoms with Gasteiger partial charge in [0.15, 0.2) is 0 Å². The molecule has 0 spiro atoms. The molecule has 1 aromatic heterocycles. The summed E-state index contributed by atoms with van der Waals surface area (Å²) in [6, 6.07) is 14.5. The number of piperidine rings is 1. The van der Waals surface area contributed by atoms with Crippen molar-refractivity contribution in [3.8, 4) is 0 Å². The van der Waals surface area contributed by atoms with Crippen molar-refractivity contribution in [2.24, 2.45) is 0 Å². The van der Waals surface area contributed by atoms with Crippen molar-refractivity contribution < 1.29 is 9.59 Å². The summed E-state index contributed by atoms with van der Waals surface area (Å²) in [5.74, 6) is 0.796. The lowest BCUT2D eigenvalue weighted by atomic mass is 9.97. The molecule has 7 heteroatoms. The Hall–Kier alpha value is -2.67. The van der Waals surface area contributed by atoms with E-state index in [1.54, 1.807) is 19.1 Å². The number of carbonyl (C=O) groups is 2. The summed E-state index contributed by atoms with van der Waals surface area (Å²) in [6.45, 7) is 3.05. The number of para-hydroxylation sites is 2. The number of halogens is 1. The maximum Gasteiger partial charge on any atom is 0.251 e. The SMILES string of the molecule is CC(NC(=O)c1ccc(Br)cc1)C(=O)N1CCCC(c2nc3ccccc3[nH]2)C1. The quantitative estimate of drug-likeness (QED) is 0.628. The molecular weight excluding hydrogens is 432 g/mol. The summed E-state index contributed by atoms with van der Waals surface area (Å²) in [6.07, 6.45) is 1.91. The molecule has 1 saturated heterocycles. The van der Waals surface area contributed by atoms with Crippen LogP contribution in [0.2, 0.25) is 0 Å². The number of benzene rings is 2. The van der Waals surface area contributed by atoms with E-state index in [0.29, 0.717) is 18.7 Å². The standard InChI is InChI=1S/C22H23BrN4O2/c1-14(24-21(28)15-8-10-17(23)11-9-15)22(29)27-12-4-5-16(13-27)20-25-18-6-2-3-7-19(18)26-20/h2-3,6-11,14,16H,4-5,12-13H2,1H3,(H,24,28)(H,25,26). The number of hydrogen-bond donors (Lipinski definition) is 2. The molecule has 1 aliphatic heterocycles. The second-order valence-corrected chi connectivity index (χ2v) is 8.38. The number of imidazole rings is 1. The molecule has 4 rings (SSSR count). The maximum atomic E-state index is 12.9. The average molecular weight is 455 g/mol. The van der Waals surface area contributed by atoms with E-state index < -0.39 is 6.04 Å². The number of nitrogens with zero attached hydrogens (tertiary/aromatic N) is 2. The summed E-state index contributed by atoms with van der Waals surface area (Å²) in [5.41, 5.74) is 2.49. The number of aromatic amines is 1. The number of aromatic nitrogens is 2. The second kappa shape index (κ2) is 8.37. The summed E-state index contributed by atoms with van der Waals surface area (Å²) in [4.78, 5) is 35.3. The van der Waals surface area contributed by atoms with Gasteiger partial charge in [-0.15, -0.1) is 0 Å². The highest BCUT2D eigenvalue weighted by Crippen LogP contribution is 2.27. The van der Waals surface area contributed by atoms with Crippen LogP contribution >= 0.6 is 15.9 Å². The molecule has 0 saturated carbocycles. The Labute approximate surface area is 177 Å². The number of amides is 2. The fourth-order valence-corrected chi connectivity index (χ4v) is 4.05. The first-order valence-electron chi connectivity index (χ1n) is 9.81. The monoisotopic (exact) mass is 454 g/mol. The lowest BCUT2D eigenvalue weighted by Gasteiger charge is -2.33. The van der Waals surface area contributed by atoms with Crippen LogP contribution in [0.4, 0.5) is 0 Å². The summed E-state index contributed by atoms with van der Waals surface area (Å²) in [7, 11) is 0. The number of rotatable bonds is 4. The molecule has 2 amide bonds. The number of nitrogens with one attached hydrogen (secondary N) is 2. The molecule has 2 heterocycles. The summed E-state index contributed by atoms with van der Waals surface area (Å²) < 4.78 is 0.906. The second-order valence-electron chi connectivity index (χ2n) is 7.46. The van der Waals surface area contributed by atoms with Gasteiger partial charge in [0.05, 0.1) is 11.0 Å². The van der Waals surface area contributed by atoms with Gasteiger partial charge in [-0.3, -0.25) is 9.59 Å². The van der Waals surface area contributed by atoms with Gasteiger partial charge in [-0.05, 0) is 56.2 Å². The van der Waals surface area contributed by atoms with Gasteiger partial charge >= 0.3 is 0 Å². The molecule has 2 unspecified atom stereocenters. The van der Waals surface area contributed by atoms with Gasteiger partial charge in [-0.2, -0.15) is 0 Å². The van der Waals surface area contributed by atoms with E-state index in [9.17, 15) is 9.59 Å². The number of carbonyl (C=O) groups excluding carboxylic acids is 2. The molecule has 2 atom stereocenters. The molecule has 6 nitrogen and oxygen atoms in total. The fourth-order valence-electron chi connectivity index (χ4n) is 3.78. The predicted molar refractivity (Wildman–Crippen MR) is 116 cm³/mol. The minimum atomic E-state index is -0.583. The van der Waals surface area contributed by atoms with E-state index >= 15 is 0 Å². The third kappa shape index (κ3) is 4.34. The van der Waals surface area contributed by atoms with Crippen LogP contribution in [0.5, 0.6) is 0 Å². The normalized spacial score (nSPS) is 17.9. The number of H-pyrrole nitrogens is 1. The average Bonchev–Trinajstić information content (AvgIpc) is 3.18. The molecule has 2 aromatic carbocycles. The smallest absolute Gasteiger partial charge is 0.251 e. The summed E-state index contributed by atoms with van der Waals surface area (Å²) in [5, 5.41) is 2.82. The first-order chi connectivity index (χ1) is 14.0. The molecule has 1 aliphatic rings. The van der Waals surface area contributed by atoms with Gasteiger partial charge in [0.25, 0.3) is 5.91 Å². The van der Waals surface area contributed by atoms with Crippen molar-refractivity contribution in [2.45, 2.75) is 31.7 Å². The van der Waals surface area contributed by atoms with Gasteiger partial charge in [0.1, 0.15) is 11.9 Å². The first kappa shape index (κ1) is 19.6. The first-order valence-corrected chi connectivity index (χ1v) is 10.6. The van der Waals surface area contributed by atoms with Gasteiger partial charge in [0, 0.05) is 29.0 Å². The van der Waals surface area contributed by atoms with E-state index in [1.165, 1.54) is 0 Å². The van der Waals surface area contributed by atoms with Crippen LogP contribution in [0, 0.1) is 0 Å². The molecule has 3 aromatic rings. The lowest BCUT2D eigenvalue weighted by Crippen LogP contribution is -2.49. The van der Waals surface area contributed by atoms with Crippen LogP contribution in [-0.2, 0) is 4.79 Å². The Morgan fingerprint density at radius 3 is 2.72 bits per heavy atom. The third-order valence-corrected chi connectivity index (χ3v) is 5.88. The topological polar surface area (TPSA) is 78.1 Å². The lowest BCUT2D eigenvalue weighted by molar-refractivity contribution is -0.134. The van der Waals surface area contributed by atoms with Crippen molar-refractivity contribution in [3.63, 3.8) is 0 Å². The highest BCUT2D eigenvalue weighted by molar-refractivity contribution is 9.10. The van der Waals surface area contributed by atoms with Crippen LogP contribution in [0.3, 0.4) is 0 Å². The van der Waals surface area contributed by atoms with Crippen LogP contribution in [-0.4, -0.2) is 45.8 Å². The van der Waals surface area contributed by atoms with Crippen LogP contribution in [0.1, 0.15) is 41.9 Å². The van der Waals surface area contributed by atoms with Crippen LogP contribution < -0.4 is 5.32 Å². The van der Waals surface area contributed by atoms with Gasteiger partial charge in [-0.1, -0.05) is 28.1 Å². The molecule has 0 bridgehead atoms. The van der Waals surface area contributed by atoms with E-state index in [0.717, 1.165) is 34.2 Å². The fraction of sp³-hybridized carbons (Fsp3) is 0.318. The van der Waals surface area contributed by atoms with Gasteiger partial charge in [-0.25, -0.2) is 4.98 Å². The Morgan fingerprint density at radius 2 is 1.97 bits per heavy atom. The Kier molecular flexibility index (Phi) is 5.67. The zero-order valence-electron chi connectivity index (χ0n) is 16.2. The summed E-state index contributed by atoms with van der Waals surface area (Å²) >= 11 is 3.36. The predicted octanol–water partition coefficient (Wildman–Crippen LogP) is 3.85. The molecule has 150 valence electrons. The maximum absolute atomic E-state index is 12.9. The molecule has 0 radical (unpaired) electrons. The zero-order chi connectivity index (χ0) is 20.4. The van der Waals surface area contributed by atoms with Crippen LogP contribution in [0.15, 0.2) is 53.0 Å². The Balaban J connectivity index is 1.41. The van der Waals surface area contributed by atoms with Crippen molar-refractivity contribution >= 4 is 38.8 Å². The van der Waals surface area contributed by atoms with Crippen molar-refractivity contribution in [2.75, 3.05) is 13.1 Å². The van der Waals surface area contributed by atoms with Gasteiger partial charge in [0.2, 0.25) is 5.91 Å². The van der Waals surface area contributed by atoms with Crippen molar-refractivity contribution in [1.29, 1.82) is 0 Å². The molecule has 1 fully saturated rings. The Morgan fingerprint density at radius 1 is 1.21 bits per heavy atom. The van der Waals surface area contributed by atoms with E-state index in [4.69, 9.17) is 4.98 Å². The highest BCUT2D eigenvalue weighted by atomic mass is 79.9. The Bertz CT molecular complexity index is 998. The highest BCUT2D eigenvalue weighted by Gasteiger charge is 2.29. The number of likely N-dealkylation sites (tertiary alicyclic amines) is 1. The molecule has 0 aliphatic carbocycles. The van der Waals surface area contributed by atoms with E-state index in [-0.39, 0.29) is 17.7 Å². The number of hydrogen-bond acceptors (Lipinski definition) is 3. The largest absolute Gasteiger partial charge is 0.342 e. The van der Waals surface area contributed by atoms with E-state index in [2.05, 4.69) is 26.2 Å². The minimum Gasteiger partial charge on any atom is -0.342 e. The third-order valence-electron chi connectivity index (χ3n) is 5.35. The van der Waals surface area contributed by atoms with Gasteiger partial charge < -0.3 is 15.2 Å². The van der Waals surface area contributed by atoms with Crippen molar-refractivity contribution in [1.82, 2.24) is 20.2 Å². The molecular formula is C22H23BrN4O2.